The van der Waals surface area contributed by atoms with Crippen LogP contribution in [0.15, 0.2) is 18.2 Å². The Kier molecular flexibility index (Phi) is 6.35. The lowest BCUT2D eigenvalue weighted by Crippen LogP contribution is -2.42. The number of H-pyrrole nitrogens is 1. The zero-order chi connectivity index (χ0) is 23.8. The first-order chi connectivity index (χ1) is 16.4. The Labute approximate surface area is 197 Å². The first kappa shape index (κ1) is 22.9. The van der Waals surface area contributed by atoms with E-state index in [9.17, 15) is 19.1 Å². The number of fused-ring (bicyclic) bond motifs is 2. The van der Waals surface area contributed by atoms with E-state index < -0.39 is 11.9 Å². The van der Waals surface area contributed by atoms with Crippen LogP contribution in [0.5, 0.6) is 0 Å². The Balaban J connectivity index is 1.38. The summed E-state index contributed by atoms with van der Waals surface area (Å²) in [6.07, 6.45) is 1.45. The minimum atomic E-state index is -0.607. The Bertz CT molecular complexity index is 1150. The first-order valence-corrected chi connectivity index (χ1v) is 11.7. The average molecular weight is 469 g/mol. The number of hydrogen-bond donors (Lipinski definition) is 4. The van der Waals surface area contributed by atoms with Gasteiger partial charge in [-0.05, 0) is 43.2 Å². The number of benzene rings is 1. The SMILES string of the molecule is Cc1c(/C=C2\C(=O)Nc3ccc(F)cc32)[nH]c2c1C(=O)[C@H](CC(O)CN1CCOCC1)CNC2. The minimum absolute atomic E-state index is 0.0123. The quantitative estimate of drug-likeness (QED) is 0.500. The third-order valence-corrected chi connectivity index (χ3v) is 6.86. The van der Waals surface area contributed by atoms with E-state index in [1.54, 1.807) is 12.1 Å². The number of halogens is 1. The molecular weight excluding hydrogens is 439 g/mol. The predicted octanol–water partition coefficient (Wildman–Crippen LogP) is 1.94. The molecule has 4 N–H and O–H groups in total. The smallest absolute Gasteiger partial charge is 0.256 e. The zero-order valence-corrected chi connectivity index (χ0v) is 19.1. The van der Waals surface area contributed by atoms with E-state index >= 15 is 0 Å². The number of amides is 1. The van der Waals surface area contributed by atoms with Gasteiger partial charge in [-0.3, -0.25) is 14.5 Å². The van der Waals surface area contributed by atoms with Crippen LogP contribution in [-0.4, -0.2) is 72.2 Å². The molecule has 0 radical (unpaired) electrons. The van der Waals surface area contributed by atoms with Crippen LogP contribution in [-0.2, 0) is 16.1 Å². The van der Waals surface area contributed by atoms with Crippen molar-refractivity contribution in [3.8, 4) is 0 Å². The monoisotopic (exact) mass is 468 g/mol. The van der Waals surface area contributed by atoms with Crippen LogP contribution in [0.4, 0.5) is 10.1 Å². The Morgan fingerprint density at radius 3 is 2.88 bits per heavy atom. The fourth-order valence-electron chi connectivity index (χ4n) is 5.08. The number of β-amino-alcohol motifs (C(OH)–C–C–N with tert-alkyl or cyclic N) is 1. The number of ether oxygens (including phenoxy) is 1. The van der Waals surface area contributed by atoms with Gasteiger partial charge in [-0.25, -0.2) is 4.39 Å². The van der Waals surface area contributed by atoms with Gasteiger partial charge in [0.1, 0.15) is 5.82 Å². The Hall–Kier alpha value is -2.85. The molecular formula is C25H29FN4O4. The number of nitrogens with zero attached hydrogens (tertiary/aromatic N) is 1. The van der Waals surface area contributed by atoms with Gasteiger partial charge in [-0.2, -0.15) is 0 Å². The molecule has 4 heterocycles. The summed E-state index contributed by atoms with van der Waals surface area (Å²) >= 11 is 0. The van der Waals surface area contributed by atoms with Crippen molar-refractivity contribution in [1.82, 2.24) is 15.2 Å². The van der Waals surface area contributed by atoms with Gasteiger partial charge in [0.25, 0.3) is 5.91 Å². The minimum Gasteiger partial charge on any atom is -0.392 e. The van der Waals surface area contributed by atoms with E-state index in [0.717, 1.165) is 24.3 Å². The molecule has 34 heavy (non-hydrogen) atoms. The van der Waals surface area contributed by atoms with Crippen LogP contribution in [0, 0.1) is 18.7 Å². The maximum Gasteiger partial charge on any atom is 0.256 e. The van der Waals surface area contributed by atoms with Crippen molar-refractivity contribution in [1.29, 1.82) is 0 Å². The molecule has 1 aromatic carbocycles. The molecule has 180 valence electrons. The summed E-state index contributed by atoms with van der Waals surface area (Å²) in [5, 5.41) is 16.7. The number of aliphatic hydroxyl groups excluding tert-OH is 1. The van der Waals surface area contributed by atoms with Crippen molar-refractivity contribution in [2.75, 3.05) is 44.7 Å². The third kappa shape index (κ3) is 4.44. The topological polar surface area (TPSA) is 107 Å². The molecule has 5 rings (SSSR count). The van der Waals surface area contributed by atoms with Crippen LogP contribution >= 0.6 is 0 Å². The van der Waals surface area contributed by atoms with Crippen molar-refractivity contribution < 1.29 is 23.8 Å². The lowest BCUT2D eigenvalue weighted by molar-refractivity contribution is -0.110. The van der Waals surface area contributed by atoms with E-state index in [1.807, 2.05) is 6.92 Å². The number of rotatable bonds is 5. The molecule has 0 spiro atoms. The number of anilines is 1. The van der Waals surface area contributed by atoms with Crippen LogP contribution in [0.3, 0.4) is 0 Å². The van der Waals surface area contributed by atoms with Crippen molar-refractivity contribution in [3.63, 3.8) is 0 Å². The molecule has 0 saturated carbocycles. The average Bonchev–Trinajstić information content (AvgIpc) is 3.23. The van der Waals surface area contributed by atoms with Gasteiger partial charge in [0.05, 0.1) is 24.9 Å². The second-order valence-corrected chi connectivity index (χ2v) is 9.21. The van der Waals surface area contributed by atoms with Crippen LogP contribution < -0.4 is 10.6 Å². The fourth-order valence-corrected chi connectivity index (χ4v) is 5.08. The molecule has 1 aromatic heterocycles. The number of aromatic amines is 1. The molecule has 1 fully saturated rings. The maximum absolute atomic E-state index is 13.8. The highest BCUT2D eigenvalue weighted by atomic mass is 19.1. The number of carbonyl (C=O) groups excluding carboxylic acids is 2. The predicted molar refractivity (Wildman–Crippen MR) is 126 cm³/mol. The molecule has 8 nitrogen and oxygen atoms in total. The van der Waals surface area contributed by atoms with Crippen molar-refractivity contribution >= 4 is 29.0 Å². The number of aliphatic hydroxyl groups is 1. The molecule has 9 heteroatoms. The standard InChI is InChI=1S/C25H29FN4O4/c1-14-21(10-19-18-9-16(26)2-3-20(18)29-25(19)33)28-22-12-27-11-15(24(32)23(14)22)8-17(31)13-30-4-6-34-7-5-30/h2-3,9-10,15,17,27-28,31H,4-8,11-13H2,1H3,(H,29,33)/b19-10-/t15-,17?/m1/s1. The number of nitrogens with one attached hydrogen (secondary N) is 3. The summed E-state index contributed by atoms with van der Waals surface area (Å²) in [4.78, 5) is 31.5. The molecule has 2 atom stereocenters. The zero-order valence-electron chi connectivity index (χ0n) is 19.1. The number of aromatic nitrogens is 1. The number of hydrogen-bond acceptors (Lipinski definition) is 6. The van der Waals surface area contributed by atoms with Crippen LogP contribution in [0.25, 0.3) is 11.6 Å². The van der Waals surface area contributed by atoms with Gasteiger partial charge >= 0.3 is 0 Å². The van der Waals surface area contributed by atoms with E-state index in [2.05, 4.69) is 20.5 Å². The van der Waals surface area contributed by atoms with Crippen molar-refractivity contribution in [2.45, 2.75) is 26.0 Å². The summed E-state index contributed by atoms with van der Waals surface area (Å²) < 4.78 is 19.2. The molecule has 0 bridgehead atoms. The van der Waals surface area contributed by atoms with E-state index in [-0.39, 0.29) is 17.6 Å². The molecule has 3 aliphatic heterocycles. The fraction of sp³-hybridized carbons (Fsp3) is 0.440. The van der Waals surface area contributed by atoms with Gasteiger partial charge in [0, 0.05) is 66.8 Å². The molecule has 1 unspecified atom stereocenters. The van der Waals surface area contributed by atoms with E-state index in [1.165, 1.54) is 12.1 Å². The Morgan fingerprint density at radius 1 is 1.29 bits per heavy atom. The summed E-state index contributed by atoms with van der Waals surface area (Å²) in [5.41, 5.74) is 4.19. The number of carbonyl (C=O) groups is 2. The van der Waals surface area contributed by atoms with Gasteiger partial charge < -0.3 is 25.5 Å². The molecule has 1 amide bonds. The molecule has 1 saturated heterocycles. The number of morpholine rings is 1. The summed E-state index contributed by atoms with van der Waals surface area (Å²) in [5.74, 6) is -1.09. The van der Waals surface area contributed by atoms with E-state index in [4.69, 9.17) is 4.74 Å². The van der Waals surface area contributed by atoms with Crippen molar-refractivity contribution in [2.24, 2.45) is 5.92 Å². The van der Waals surface area contributed by atoms with Crippen LogP contribution in [0.1, 0.15) is 39.3 Å². The first-order valence-electron chi connectivity index (χ1n) is 11.7. The van der Waals surface area contributed by atoms with Gasteiger partial charge in [-0.15, -0.1) is 0 Å². The number of Topliss-reactive ketones (excluding diaryl/α,β-unsaturated/α-hetero) is 1. The van der Waals surface area contributed by atoms with Gasteiger partial charge in [0.15, 0.2) is 5.78 Å². The second kappa shape index (κ2) is 9.42. The maximum atomic E-state index is 13.8. The van der Waals surface area contributed by atoms with Gasteiger partial charge in [0.2, 0.25) is 0 Å². The lowest BCUT2D eigenvalue weighted by atomic mass is 9.91. The molecule has 2 aromatic rings. The highest BCUT2D eigenvalue weighted by Crippen LogP contribution is 2.35. The second-order valence-electron chi connectivity index (χ2n) is 9.21. The number of ketones is 1. The van der Waals surface area contributed by atoms with Crippen molar-refractivity contribution in [3.05, 3.63) is 52.1 Å². The molecule has 3 aliphatic rings. The van der Waals surface area contributed by atoms with E-state index in [0.29, 0.717) is 67.4 Å². The van der Waals surface area contributed by atoms with Gasteiger partial charge in [-0.1, -0.05) is 0 Å². The van der Waals surface area contributed by atoms with Crippen LogP contribution in [0.2, 0.25) is 0 Å². The highest BCUT2D eigenvalue weighted by Gasteiger charge is 2.32. The Morgan fingerprint density at radius 2 is 2.09 bits per heavy atom. The highest BCUT2D eigenvalue weighted by molar-refractivity contribution is 6.34. The summed E-state index contributed by atoms with van der Waals surface area (Å²) in [6.45, 7) is 6.25. The summed E-state index contributed by atoms with van der Waals surface area (Å²) in [7, 11) is 0. The normalized spacial score (nSPS) is 22.9. The summed E-state index contributed by atoms with van der Waals surface area (Å²) in [6, 6.07) is 4.18. The third-order valence-electron chi connectivity index (χ3n) is 6.86. The molecule has 0 aliphatic carbocycles. The lowest BCUT2D eigenvalue weighted by Gasteiger charge is -2.29. The largest absolute Gasteiger partial charge is 0.392 e.